The molecule has 0 radical (unpaired) electrons. The zero-order valence-electron chi connectivity index (χ0n) is 21.5. The second-order valence-corrected chi connectivity index (χ2v) is 11.5. The lowest BCUT2D eigenvalue weighted by Crippen LogP contribution is -2.36. The molecular formula is C31H21ClFN3O3S2. The summed E-state index contributed by atoms with van der Waals surface area (Å²) in [4.78, 5) is 32.7. The fourth-order valence-corrected chi connectivity index (χ4v) is 6.43. The van der Waals surface area contributed by atoms with Gasteiger partial charge in [-0.15, -0.1) is 11.3 Å². The molecule has 5 aromatic rings. The van der Waals surface area contributed by atoms with E-state index < -0.39 is 6.04 Å². The van der Waals surface area contributed by atoms with E-state index in [1.165, 1.54) is 30.6 Å². The number of thiophene rings is 1. The Labute approximate surface area is 247 Å². The molecule has 0 spiro atoms. The fourth-order valence-electron chi connectivity index (χ4n) is 4.52. The van der Waals surface area contributed by atoms with Crippen molar-refractivity contribution in [2.24, 2.45) is 4.99 Å². The van der Waals surface area contributed by atoms with E-state index in [1.807, 2.05) is 41.8 Å². The van der Waals surface area contributed by atoms with E-state index in [4.69, 9.17) is 21.3 Å². The maximum Gasteiger partial charge on any atom is 0.271 e. The van der Waals surface area contributed by atoms with Gasteiger partial charge in [0.15, 0.2) is 4.80 Å². The molecule has 1 amide bonds. The minimum absolute atomic E-state index is 0.152. The highest BCUT2D eigenvalue weighted by Gasteiger charge is 2.23. The zero-order chi connectivity index (χ0) is 28.5. The number of hydrogen-bond acceptors (Lipinski definition) is 6. The summed E-state index contributed by atoms with van der Waals surface area (Å²) in [6.07, 6.45) is 3.76. The van der Waals surface area contributed by atoms with Crippen molar-refractivity contribution in [3.8, 4) is 5.75 Å². The van der Waals surface area contributed by atoms with Crippen LogP contribution in [0.25, 0.3) is 11.8 Å². The highest BCUT2D eigenvalue weighted by molar-refractivity contribution is 7.11. The molecule has 6 rings (SSSR count). The Hall–Kier alpha value is -4.31. The molecule has 1 N–H and O–H groups in total. The lowest BCUT2D eigenvalue weighted by molar-refractivity contribution is 0.102. The van der Waals surface area contributed by atoms with Crippen molar-refractivity contribution in [2.75, 3.05) is 12.4 Å². The third-order valence-electron chi connectivity index (χ3n) is 6.52. The molecule has 1 atom stereocenters. The molecule has 0 saturated carbocycles. The first-order valence-electron chi connectivity index (χ1n) is 12.5. The second-order valence-electron chi connectivity index (χ2n) is 9.12. The Morgan fingerprint density at radius 2 is 1.88 bits per heavy atom. The molecule has 1 aliphatic heterocycles. The average Bonchev–Trinajstić information content (AvgIpc) is 3.61. The Morgan fingerprint density at radius 3 is 2.59 bits per heavy atom. The number of anilines is 1. The van der Waals surface area contributed by atoms with Gasteiger partial charge < -0.3 is 10.1 Å². The number of amides is 1. The van der Waals surface area contributed by atoms with Crippen LogP contribution in [0.3, 0.4) is 0 Å². The maximum atomic E-state index is 13.7. The van der Waals surface area contributed by atoms with E-state index in [-0.39, 0.29) is 17.3 Å². The molecule has 6 nitrogen and oxygen atoms in total. The molecule has 10 heteroatoms. The van der Waals surface area contributed by atoms with Crippen LogP contribution in [0.2, 0.25) is 5.02 Å². The highest BCUT2D eigenvalue weighted by Crippen LogP contribution is 2.29. The highest BCUT2D eigenvalue weighted by atomic mass is 35.5. The van der Waals surface area contributed by atoms with Crippen LogP contribution in [0.4, 0.5) is 10.1 Å². The van der Waals surface area contributed by atoms with Crippen LogP contribution in [0.1, 0.15) is 32.4 Å². The maximum absolute atomic E-state index is 13.7. The fraction of sp³-hybridized carbons (Fsp3) is 0.0645. The molecule has 0 saturated heterocycles. The summed E-state index contributed by atoms with van der Waals surface area (Å²) in [5.41, 5.74) is 2.97. The molecule has 0 bridgehead atoms. The number of hydrogen-bond donors (Lipinski definition) is 1. The van der Waals surface area contributed by atoms with Gasteiger partial charge in [0.05, 0.1) is 28.9 Å². The van der Waals surface area contributed by atoms with E-state index in [9.17, 15) is 14.0 Å². The summed E-state index contributed by atoms with van der Waals surface area (Å²) in [5, 5.41) is 5.25. The molecule has 3 aromatic carbocycles. The zero-order valence-corrected chi connectivity index (χ0v) is 23.9. The Morgan fingerprint density at radius 1 is 1.10 bits per heavy atom. The van der Waals surface area contributed by atoms with Crippen LogP contribution in [0, 0.1) is 5.82 Å². The number of fused-ring (bicyclic) bond motifs is 1. The molecule has 204 valence electrons. The number of thiazole rings is 1. The molecule has 1 unspecified atom stereocenters. The lowest BCUT2D eigenvalue weighted by atomic mass is 10.0. The smallest absolute Gasteiger partial charge is 0.271 e. The van der Waals surface area contributed by atoms with Gasteiger partial charge in [0.25, 0.3) is 11.5 Å². The van der Waals surface area contributed by atoms with Crippen molar-refractivity contribution in [3.05, 3.63) is 142 Å². The van der Waals surface area contributed by atoms with Crippen molar-refractivity contribution in [2.45, 2.75) is 6.04 Å². The minimum atomic E-state index is -0.470. The van der Waals surface area contributed by atoms with Gasteiger partial charge in [-0.25, -0.2) is 9.38 Å². The van der Waals surface area contributed by atoms with E-state index in [0.29, 0.717) is 37.1 Å². The number of rotatable bonds is 6. The number of nitrogens with zero attached hydrogens (tertiary/aromatic N) is 2. The van der Waals surface area contributed by atoms with E-state index in [1.54, 1.807) is 58.4 Å². The van der Waals surface area contributed by atoms with E-state index >= 15 is 0 Å². The predicted molar refractivity (Wildman–Crippen MR) is 162 cm³/mol. The van der Waals surface area contributed by atoms with Gasteiger partial charge in [0.2, 0.25) is 0 Å². The Bertz CT molecular complexity index is 1960. The number of nitrogens with one attached hydrogen (secondary N) is 1. The normalized spacial score (nSPS) is 14.7. The van der Waals surface area contributed by atoms with Crippen LogP contribution >= 0.6 is 34.3 Å². The van der Waals surface area contributed by atoms with Crippen molar-refractivity contribution in [3.63, 3.8) is 0 Å². The van der Waals surface area contributed by atoms with E-state index in [2.05, 4.69) is 5.32 Å². The van der Waals surface area contributed by atoms with Gasteiger partial charge in [-0.05, 0) is 71.6 Å². The summed E-state index contributed by atoms with van der Waals surface area (Å²) in [6.45, 7) is 0. The minimum Gasteiger partial charge on any atom is -0.496 e. The first kappa shape index (κ1) is 26.9. The number of allylic oxidation sites excluding steroid dienone is 1. The molecule has 0 aliphatic carbocycles. The van der Waals surface area contributed by atoms with Gasteiger partial charge in [0.1, 0.15) is 11.6 Å². The van der Waals surface area contributed by atoms with Gasteiger partial charge in [-0.3, -0.25) is 14.2 Å². The molecule has 1 aliphatic rings. The average molecular weight is 602 g/mol. The Balaban J connectivity index is 1.36. The largest absolute Gasteiger partial charge is 0.496 e. The summed E-state index contributed by atoms with van der Waals surface area (Å²) in [7, 11) is 1.49. The number of benzene rings is 3. The summed E-state index contributed by atoms with van der Waals surface area (Å²) in [6, 6.07) is 21.6. The standard InChI is InChI=1S/C31H21ClFN3O3S2/c1-39-27-13-8-20(32)15-24(27)29(37)34-22-11-6-18(7-12-22)25-17-26(19-4-9-21(33)10-5-19)36-30(38)28(41-31(36)35-25)16-23-3-2-14-40-23/h2-17,26H,1H3,(H,34,37)/b28-16+. The van der Waals surface area contributed by atoms with Gasteiger partial charge in [0, 0.05) is 21.2 Å². The number of aromatic nitrogens is 1. The van der Waals surface area contributed by atoms with Gasteiger partial charge in [-0.2, -0.15) is 0 Å². The first-order valence-corrected chi connectivity index (χ1v) is 14.5. The summed E-state index contributed by atoms with van der Waals surface area (Å²) in [5.74, 6) is -0.289. The third-order valence-corrected chi connectivity index (χ3v) is 8.56. The quantitative estimate of drug-likeness (QED) is 0.255. The first-order chi connectivity index (χ1) is 19.9. The topological polar surface area (TPSA) is 72.7 Å². The molecule has 0 fully saturated rings. The van der Waals surface area contributed by atoms with Crippen molar-refractivity contribution >= 4 is 57.6 Å². The van der Waals surface area contributed by atoms with Crippen molar-refractivity contribution < 1.29 is 13.9 Å². The Kier molecular flexibility index (Phi) is 7.40. The summed E-state index contributed by atoms with van der Waals surface area (Å²) < 4.78 is 21.2. The van der Waals surface area contributed by atoms with Crippen molar-refractivity contribution in [1.82, 2.24) is 4.57 Å². The van der Waals surface area contributed by atoms with Crippen LogP contribution in [0.5, 0.6) is 5.75 Å². The van der Waals surface area contributed by atoms with Crippen molar-refractivity contribution in [1.29, 1.82) is 0 Å². The SMILES string of the molecule is COc1ccc(Cl)cc1C(=O)Nc1ccc(C2=CC(c3ccc(F)cc3)n3c(s/c(=C/c4cccs4)c3=O)=N2)cc1. The number of ether oxygens (including phenoxy) is 1. The van der Waals surface area contributed by atoms with Crippen LogP contribution in [0.15, 0.2) is 100 Å². The molecule has 3 heterocycles. The third kappa shape index (κ3) is 5.52. The number of methoxy groups -OCH3 is 1. The number of carbonyl (C=O) groups is 1. The van der Waals surface area contributed by atoms with Crippen LogP contribution < -0.4 is 24.9 Å². The second kappa shape index (κ2) is 11.3. The van der Waals surface area contributed by atoms with Gasteiger partial charge >= 0.3 is 0 Å². The lowest BCUT2D eigenvalue weighted by Gasteiger charge is -2.20. The number of halogens is 2. The molecular weight excluding hydrogens is 581 g/mol. The predicted octanol–water partition coefficient (Wildman–Crippen LogP) is 6.12. The molecule has 41 heavy (non-hydrogen) atoms. The molecule has 2 aromatic heterocycles. The number of carbonyl (C=O) groups excluding carboxylic acids is 1. The van der Waals surface area contributed by atoms with E-state index in [0.717, 1.165) is 16.0 Å². The van der Waals surface area contributed by atoms with Crippen LogP contribution in [-0.2, 0) is 0 Å². The monoisotopic (exact) mass is 601 g/mol. The summed E-state index contributed by atoms with van der Waals surface area (Å²) >= 11 is 8.94. The van der Waals surface area contributed by atoms with Crippen LogP contribution in [-0.4, -0.2) is 17.6 Å². The van der Waals surface area contributed by atoms with Gasteiger partial charge in [-0.1, -0.05) is 53.3 Å².